The van der Waals surface area contributed by atoms with Crippen molar-refractivity contribution < 1.29 is 9.47 Å². The van der Waals surface area contributed by atoms with Gasteiger partial charge in [-0.1, -0.05) is 20.8 Å². The number of hydrogen-bond donors (Lipinski definition) is 1. The van der Waals surface area contributed by atoms with Crippen molar-refractivity contribution in [1.29, 1.82) is 0 Å². The molecule has 0 aromatic heterocycles. The molecule has 1 aliphatic carbocycles. The number of rotatable bonds is 4. The van der Waals surface area contributed by atoms with Crippen molar-refractivity contribution in [3.63, 3.8) is 0 Å². The molecule has 0 heterocycles. The third-order valence-electron chi connectivity index (χ3n) is 4.05. The molecular formula is C15H24ClNO2. The van der Waals surface area contributed by atoms with Crippen molar-refractivity contribution in [2.45, 2.75) is 38.6 Å². The predicted molar refractivity (Wildman–Crippen MR) is 81.0 cm³/mol. The molecule has 4 heteroatoms. The van der Waals surface area contributed by atoms with Crippen LogP contribution in [0.1, 0.15) is 31.9 Å². The van der Waals surface area contributed by atoms with Gasteiger partial charge in [0.25, 0.3) is 0 Å². The fraction of sp³-hybridized carbons (Fsp3) is 0.600. The third kappa shape index (κ3) is 2.67. The topological polar surface area (TPSA) is 30.5 Å². The van der Waals surface area contributed by atoms with Crippen LogP contribution < -0.4 is 14.8 Å². The van der Waals surface area contributed by atoms with Crippen LogP contribution in [0.15, 0.2) is 12.1 Å². The number of fused-ring (bicyclic) bond motifs is 1. The Morgan fingerprint density at radius 3 is 2.32 bits per heavy atom. The van der Waals surface area contributed by atoms with Crippen LogP contribution in [0.25, 0.3) is 0 Å². The van der Waals surface area contributed by atoms with Crippen LogP contribution in [0.4, 0.5) is 0 Å². The minimum atomic E-state index is 0. The highest BCUT2D eigenvalue weighted by Gasteiger charge is 2.39. The molecule has 0 spiro atoms. The summed E-state index contributed by atoms with van der Waals surface area (Å²) in [4.78, 5) is 0. The van der Waals surface area contributed by atoms with E-state index in [1.54, 1.807) is 14.2 Å². The average molecular weight is 286 g/mol. The minimum Gasteiger partial charge on any atom is -0.493 e. The second-order valence-corrected chi connectivity index (χ2v) is 5.40. The van der Waals surface area contributed by atoms with Gasteiger partial charge in [-0.2, -0.15) is 0 Å². The van der Waals surface area contributed by atoms with Crippen molar-refractivity contribution in [1.82, 2.24) is 5.32 Å². The van der Waals surface area contributed by atoms with Gasteiger partial charge in [0.1, 0.15) is 0 Å². The van der Waals surface area contributed by atoms with E-state index in [1.165, 1.54) is 11.1 Å². The highest BCUT2D eigenvalue weighted by Crippen LogP contribution is 2.43. The molecule has 1 unspecified atom stereocenters. The Morgan fingerprint density at radius 1 is 1.21 bits per heavy atom. The van der Waals surface area contributed by atoms with Gasteiger partial charge < -0.3 is 14.8 Å². The Morgan fingerprint density at radius 2 is 1.79 bits per heavy atom. The van der Waals surface area contributed by atoms with Crippen LogP contribution >= 0.6 is 12.4 Å². The number of methoxy groups -OCH3 is 2. The Hall–Kier alpha value is -0.930. The molecule has 0 radical (unpaired) electrons. The van der Waals surface area contributed by atoms with E-state index in [1.807, 2.05) is 0 Å². The summed E-state index contributed by atoms with van der Waals surface area (Å²) in [6.45, 7) is 7.73. The molecule has 1 atom stereocenters. The first kappa shape index (κ1) is 16.1. The highest BCUT2D eigenvalue weighted by molar-refractivity contribution is 5.85. The first-order valence-corrected chi connectivity index (χ1v) is 6.53. The maximum Gasteiger partial charge on any atom is 0.161 e. The minimum absolute atomic E-state index is 0. The molecule has 0 fully saturated rings. The highest BCUT2D eigenvalue weighted by atomic mass is 35.5. The summed E-state index contributed by atoms with van der Waals surface area (Å²) in [7, 11) is 3.38. The number of halogens is 1. The third-order valence-corrected chi connectivity index (χ3v) is 4.05. The lowest BCUT2D eigenvalue weighted by atomic mass is 9.83. The molecule has 3 nitrogen and oxygen atoms in total. The van der Waals surface area contributed by atoms with Crippen LogP contribution in [0.2, 0.25) is 0 Å². The standard InChI is InChI=1S/C15H23NO2.ClH/c1-6-16-14-8-10-7-12(17-4)13(18-5)9-11(10)15(14,2)3;/h7,9,14,16H,6,8H2,1-5H3;1H. The average Bonchev–Trinajstić information content (AvgIpc) is 2.60. The van der Waals surface area contributed by atoms with E-state index < -0.39 is 0 Å². The van der Waals surface area contributed by atoms with Gasteiger partial charge in [-0.15, -0.1) is 12.4 Å². The van der Waals surface area contributed by atoms with Gasteiger partial charge in [-0.25, -0.2) is 0 Å². The van der Waals surface area contributed by atoms with Crippen molar-refractivity contribution in [3.8, 4) is 11.5 Å². The summed E-state index contributed by atoms with van der Waals surface area (Å²) >= 11 is 0. The quantitative estimate of drug-likeness (QED) is 0.923. The number of hydrogen-bond acceptors (Lipinski definition) is 3. The summed E-state index contributed by atoms with van der Waals surface area (Å²) in [5.74, 6) is 1.64. The second-order valence-electron chi connectivity index (χ2n) is 5.40. The summed E-state index contributed by atoms with van der Waals surface area (Å²) in [6.07, 6.45) is 1.05. The summed E-state index contributed by atoms with van der Waals surface area (Å²) in [6, 6.07) is 4.73. The van der Waals surface area contributed by atoms with Gasteiger partial charge in [0.15, 0.2) is 11.5 Å². The molecule has 1 aromatic rings. The summed E-state index contributed by atoms with van der Waals surface area (Å²) < 4.78 is 10.8. The maximum atomic E-state index is 5.40. The van der Waals surface area contributed by atoms with E-state index in [4.69, 9.17) is 9.47 Å². The van der Waals surface area contributed by atoms with Gasteiger partial charge in [0, 0.05) is 11.5 Å². The lowest BCUT2D eigenvalue weighted by Crippen LogP contribution is -2.41. The first-order valence-electron chi connectivity index (χ1n) is 6.53. The molecule has 1 N–H and O–H groups in total. The number of likely N-dealkylation sites (N-methyl/N-ethyl adjacent to an activating group) is 1. The second kappa shape index (κ2) is 6.02. The van der Waals surface area contributed by atoms with E-state index in [0.29, 0.717) is 6.04 Å². The lowest BCUT2D eigenvalue weighted by molar-refractivity contribution is 0.352. The summed E-state index contributed by atoms with van der Waals surface area (Å²) in [5, 5.41) is 3.57. The van der Waals surface area contributed by atoms with Crippen molar-refractivity contribution in [3.05, 3.63) is 23.3 Å². The molecular weight excluding hydrogens is 262 g/mol. The Balaban J connectivity index is 0.00000180. The molecule has 108 valence electrons. The van der Waals surface area contributed by atoms with Gasteiger partial charge in [0.2, 0.25) is 0 Å². The van der Waals surface area contributed by atoms with Crippen LogP contribution in [-0.2, 0) is 11.8 Å². The fourth-order valence-corrected chi connectivity index (χ4v) is 2.93. The van der Waals surface area contributed by atoms with Crippen LogP contribution in [-0.4, -0.2) is 26.8 Å². The zero-order chi connectivity index (χ0) is 13.3. The predicted octanol–water partition coefficient (Wildman–Crippen LogP) is 2.94. The monoisotopic (exact) mass is 285 g/mol. The molecule has 2 rings (SSSR count). The molecule has 0 amide bonds. The largest absolute Gasteiger partial charge is 0.493 e. The normalized spacial score (nSPS) is 19.5. The Kier molecular flexibility index (Phi) is 5.11. The smallest absolute Gasteiger partial charge is 0.161 e. The van der Waals surface area contributed by atoms with E-state index in [-0.39, 0.29) is 17.8 Å². The van der Waals surface area contributed by atoms with Gasteiger partial charge in [0.05, 0.1) is 14.2 Å². The zero-order valence-electron chi connectivity index (χ0n) is 12.4. The first-order chi connectivity index (χ1) is 8.54. The lowest BCUT2D eigenvalue weighted by Gasteiger charge is -2.29. The van der Waals surface area contributed by atoms with Gasteiger partial charge in [-0.05, 0) is 36.2 Å². The summed E-state index contributed by atoms with van der Waals surface area (Å²) in [5.41, 5.74) is 2.86. The molecule has 0 saturated heterocycles. The Labute approximate surface area is 122 Å². The van der Waals surface area contributed by atoms with E-state index >= 15 is 0 Å². The number of ether oxygens (including phenoxy) is 2. The molecule has 0 bridgehead atoms. The van der Waals surface area contributed by atoms with Gasteiger partial charge >= 0.3 is 0 Å². The fourth-order valence-electron chi connectivity index (χ4n) is 2.93. The van der Waals surface area contributed by atoms with Crippen LogP contribution in [0.3, 0.4) is 0 Å². The zero-order valence-corrected chi connectivity index (χ0v) is 13.2. The molecule has 1 aliphatic rings. The number of benzene rings is 1. The van der Waals surface area contributed by atoms with Crippen LogP contribution in [0, 0.1) is 0 Å². The van der Waals surface area contributed by atoms with E-state index in [9.17, 15) is 0 Å². The van der Waals surface area contributed by atoms with Gasteiger partial charge in [-0.3, -0.25) is 0 Å². The number of nitrogens with one attached hydrogen (secondary N) is 1. The molecule has 19 heavy (non-hydrogen) atoms. The van der Waals surface area contributed by atoms with E-state index in [2.05, 4.69) is 38.2 Å². The maximum absolute atomic E-state index is 5.40. The molecule has 0 saturated carbocycles. The van der Waals surface area contributed by atoms with Crippen molar-refractivity contribution >= 4 is 12.4 Å². The van der Waals surface area contributed by atoms with Crippen LogP contribution in [0.5, 0.6) is 11.5 Å². The Bertz CT molecular complexity index is 446. The van der Waals surface area contributed by atoms with Crippen molar-refractivity contribution in [2.75, 3.05) is 20.8 Å². The molecule has 0 aliphatic heterocycles. The van der Waals surface area contributed by atoms with E-state index in [0.717, 1.165) is 24.5 Å². The molecule has 1 aromatic carbocycles. The van der Waals surface area contributed by atoms with Crippen molar-refractivity contribution in [2.24, 2.45) is 0 Å². The SMILES string of the molecule is CCNC1Cc2cc(OC)c(OC)cc2C1(C)C.Cl.